The molecule has 0 aliphatic rings. The Labute approximate surface area is 159 Å². The van der Waals surface area contributed by atoms with Gasteiger partial charge in [-0.05, 0) is 35.7 Å². The molecule has 2 rings (SSSR count). The Morgan fingerprint density at radius 2 is 1.78 bits per heavy atom. The van der Waals surface area contributed by atoms with Crippen molar-refractivity contribution in [2.45, 2.75) is 25.3 Å². The van der Waals surface area contributed by atoms with Gasteiger partial charge in [0, 0.05) is 19.9 Å². The molecule has 0 saturated heterocycles. The zero-order valence-corrected chi connectivity index (χ0v) is 15.8. The van der Waals surface area contributed by atoms with Crippen LogP contribution in [0.15, 0.2) is 48.5 Å². The number of benzene rings is 2. The summed E-state index contributed by atoms with van der Waals surface area (Å²) in [5, 5.41) is 9.56. The van der Waals surface area contributed by atoms with E-state index in [0.717, 1.165) is 11.1 Å². The van der Waals surface area contributed by atoms with Crippen LogP contribution < -0.4 is 9.47 Å². The molecule has 144 valence electrons. The van der Waals surface area contributed by atoms with E-state index in [1.807, 2.05) is 36.4 Å². The summed E-state index contributed by atoms with van der Waals surface area (Å²) < 4.78 is 10.5. The number of methoxy groups -OCH3 is 2. The second kappa shape index (κ2) is 9.62. The molecule has 1 N–H and O–H groups in total. The van der Waals surface area contributed by atoms with Crippen molar-refractivity contribution in [3.8, 4) is 11.5 Å². The number of carbonyl (C=O) groups excluding carboxylic acids is 1. The van der Waals surface area contributed by atoms with E-state index >= 15 is 0 Å². The van der Waals surface area contributed by atoms with E-state index in [-0.39, 0.29) is 18.7 Å². The lowest BCUT2D eigenvalue weighted by Crippen LogP contribution is -2.43. The van der Waals surface area contributed by atoms with Crippen molar-refractivity contribution in [3.05, 3.63) is 59.7 Å². The van der Waals surface area contributed by atoms with Gasteiger partial charge in [-0.1, -0.05) is 30.3 Å². The predicted octanol–water partition coefficient (Wildman–Crippen LogP) is 2.79. The molecular weight excluding hydrogens is 346 g/mol. The van der Waals surface area contributed by atoms with E-state index in [1.165, 1.54) is 11.9 Å². The van der Waals surface area contributed by atoms with E-state index < -0.39 is 12.0 Å². The quantitative estimate of drug-likeness (QED) is 0.734. The largest absolute Gasteiger partial charge is 0.497 e. The van der Waals surface area contributed by atoms with Crippen molar-refractivity contribution in [2.24, 2.45) is 0 Å². The maximum atomic E-state index is 12.6. The molecular formula is C21H25NO5. The third-order valence-corrected chi connectivity index (χ3v) is 4.51. The number of hydrogen-bond acceptors (Lipinski definition) is 4. The zero-order chi connectivity index (χ0) is 19.8. The van der Waals surface area contributed by atoms with Gasteiger partial charge in [0.15, 0.2) is 0 Å². The zero-order valence-electron chi connectivity index (χ0n) is 15.8. The number of carbonyl (C=O) groups is 2. The molecule has 0 fully saturated rings. The van der Waals surface area contributed by atoms with Gasteiger partial charge in [0.2, 0.25) is 5.91 Å². The summed E-state index contributed by atoms with van der Waals surface area (Å²) in [6.07, 6.45) is 0.876. The van der Waals surface area contributed by atoms with Gasteiger partial charge in [0.05, 0.1) is 14.2 Å². The Bertz CT molecular complexity index is 775. The van der Waals surface area contributed by atoms with Gasteiger partial charge in [0.25, 0.3) is 0 Å². The fourth-order valence-electron chi connectivity index (χ4n) is 2.90. The van der Waals surface area contributed by atoms with Crippen molar-refractivity contribution in [2.75, 3.05) is 21.3 Å². The van der Waals surface area contributed by atoms with Gasteiger partial charge in [-0.15, -0.1) is 0 Å². The summed E-state index contributed by atoms with van der Waals surface area (Å²) >= 11 is 0. The average Bonchev–Trinajstić information content (AvgIpc) is 2.69. The lowest BCUT2D eigenvalue weighted by atomic mass is 10.0. The first-order chi connectivity index (χ1) is 13.0. The van der Waals surface area contributed by atoms with Crippen molar-refractivity contribution >= 4 is 11.9 Å². The molecule has 1 amide bonds. The van der Waals surface area contributed by atoms with E-state index in [2.05, 4.69) is 0 Å². The SMILES string of the molecule is COc1ccc(OC)c(CCC(=O)N(C)C(Cc2ccccc2)C(=O)O)c1. The molecule has 0 spiro atoms. The molecule has 2 aromatic carbocycles. The highest BCUT2D eigenvalue weighted by Gasteiger charge is 2.26. The number of carboxylic acid groups (broad SMARTS) is 1. The van der Waals surface area contributed by atoms with Gasteiger partial charge < -0.3 is 19.5 Å². The monoisotopic (exact) mass is 371 g/mol. The van der Waals surface area contributed by atoms with Crippen LogP contribution in [-0.2, 0) is 22.4 Å². The third kappa shape index (κ3) is 5.48. The van der Waals surface area contributed by atoms with Crippen LogP contribution in [0.25, 0.3) is 0 Å². The summed E-state index contributed by atoms with van der Waals surface area (Å²) in [7, 11) is 4.68. The number of likely N-dealkylation sites (N-methyl/N-ethyl adjacent to an activating group) is 1. The van der Waals surface area contributed by atoms with Crippen molar-refractivity contribution < 1.29 is 24.2 Å². The number of aryl methyl sites for hydroxylation is 1. The number of hydrogen-bond donors (Lipinski definition) is 1. The Morgan fingerprint density at radius 3 is 2.37 bits per heavy atom. The van der Waals surface area contributed by atoms with Crippen molar-refractivity contribution in [1.82, 2.24) is 4.90 Å². The molecule has 0 radical (unpaired) electrons. The Morgan fingerprint density at radius 1 is 1.07 bits per heavy atom. The highest BCUT2D eigenvalue weighted by Crippen LogP contribution is 2.25. The minimum atomic E-state index is -1.02. The number of ether oxygens (including phenoxy) is 2. The fourth-order valence-corrected chi connectivity index (χ4v) is 2.90. The third-order valence-electron chi connectivity index (χ3n) is 4.51. The Hall–Kier alpha value is -3.02. The highest BCUT2D eigenvalue weighted by atomic mass is 16.5. The molecule has 0 aliphatic carbocycles. The highest BCUT2D eigenvalue weighted by molar-refractivity contribution is 5.83. The molecule has 0 bridgehead atoms. The van der Waals surface area contributed by atoms with Gasteiger partial charge in [-0.2, -0.15) is 0 Å². The fraction of sp³-hybridized carbons (Fsp3) is 0.333. The van der Waals surface area contributed by atoms with Crippen LogP contribution in [0.1, 0.15) is 17.5 Å². The van der Waals surface area contributed by atoms with Crippen LogP contribution >= 0.6 is 0 Å². The standard InChI is InChI=1S/C21H25NO5/c1-22(18(21(24)25)13-15-7-5-4-6-8-15)20(23)12-9-16-14-17(26-2)10-11-19(16)27-3/h4-8,10-11,14,18H,9,12-13H2,1-3H3,(H,24,25). The molecule has 6 nitrogen and oxygen atoms in total. The maximum Gasteiger partial charge on any atom is 0.326 e. The first-order valence-corrected chi connectivity index (χ1v) is 8.69. The lowest BCUT2D eigenvalue weighted by molar-refractivity contribution is -0.149. The minimum absolute atomic E-state index is 0.179. The number of rotatable bonds is 9. The van der Waals surface area contributed by atoms with Gasteiger partial charge >= 0.3 is 5.97 Å². The molecule has 0 aliphatic heterocycles. The number of carboxylic acids is 1. The van der Waals surface area contributed by atoms with Crippen molar-refractivity contribution in [1.29, 1.82) is 0 Å². The first kappa shape index (κ1) is 20.3. The van der Waals surface area contributed by atoms with E-state index in [4.69, 9.17) is 9.47 Å². The number of aliphatic carboxylic acids is 1. The van der Waals surface area contributed by atoms with Crippen LogP contribution in [0.3, 0.4) is 0 Å². The molecule has 0 saturated carbocycles. The van der Waals surface area contributed by atoms with Gasteiger partial charge in [0.1, 0.15) is 17.5 Å². The summed E-state index contributed by atoms with van der Waals surface area (Å²) in [5.41, 5.74) is 1.72. The lowest BCUT2D eigenvalue weighted by Gasteiger charge is -2.25. The number of amides is 1. The summed E-state index contributed by atoms with van der Waals surface area (Å²) in [6, 6.07) is 13.8. The van der Waals surface area contributed by atoms with Gasteiger partial charge in [-0.3, -0.25) is 4.79 Å². The van der Waals surface area contributed by atoms with E-state index in [0.29, 0.717) is 17.9 Å². The maximum absolute atomic E-state index is 12.6. The Balaban J connectivity index is 2.06. The van der Waals surface area contributed by atoms with Crippen molar-refractivity contribution in [3.63, 3.8) is 0 Å². The first-order valence-electron chi connectivity index (χ1n) is 8.69. The molecule has 0 aromatic heterocycles. The molecule has 0 heterocycles. The summed E-state index contributed by atoms with van der Waals surface area (Å²) in [6.45, 7) is 0. The molecule has 2 aromatic rings. The number of nitrogens with zero attached hydrogens (tertiary/aromatic N) is 1. The smallest absolute Gasteiger partial charge is 0.326 e. The topological polar surface area (TPSA) is 76.1 Å². The minimum Gasteiger partial charge on any atom is -0.497 e. The van der Waals surface area contributed by atoms with Gasteiger partial charge in [-0.25, -0.2) is 4.79 Å². The second-order valence-electron chi connectivity index (χ2n) is 6.23. The average molecular weight is 371 g/mol. The van der Waals surface area contributed by atoms with Crippen LogP contribution in [0.2, 0.25) is 0 Å². The summed E-state index contributed by atoms with van der Waals surface area (Å²) in [5.74, 6) is 0.0984. The molecule has 1 unspecified atom stereocenters. The Kier molecular flexibility index (Phi) is 7.23. The summed E-state index contributed by atoms with van der Waals surface area (Å²) in [4.78, 5) is 25.6. The van der Waals surface area contributed by atoms with Crippen LogP contribution in [-0.4, -0.2) is 49.2 Å². The van der Waals surface area contributed by atoms with Crippen LogP contribution in [0, 0.1) is 0 Å². The normalized spacial score (nSPS) is 11.5. The van der Waals surface area contributed by atoms with E-state index in [9.17, 15) is 14.7 Å². The molecule has 1 atom stereocenters. The van der Waals surface area contributed by atoms with E-state index in [1.54, 1.807) is 26.4 Å². The second-order valence-corrected chi connectivity index (χ2v) is 6.23. The van der Waals surface area contributed by atoms with Crippen LogP contribution in [0.4, 0.5) is 0 Å². The molecule has 27 heavy (non-hydrogen) atoms. The predicted molar refractivity (Wildman–Crippen MR) is 102 cm³/mol. The van der Waals surface area contributed by atoms with Crippen LogP contribution in [0.5, 0.6) is 11.5 Å². The molecule has 6 heteroatoms.